The Kier molecular flexibility index (Phi) is 7.68. The lowest BCUT2D eigenvalue weighted by molar-refractivity contribution is 1.22. The Morgan fingerprint density at radius 2 is 2.12 bits per heavy atom. The van der Waals surface area contributed by atoms with E-state index < -0.39 is 0 Å². The number of hydrogen-bond acceptors (Lipinski definition) is 2. The van der Waals surface area contributed by atoms with Crippen LogP contribution in [-0.2, 0) is 0 Å². The fraction of sp³-hybridized carbons (Fsp3) is 0.286. The van der Waals surface area contributed by atoms with Crippen LogP contribution in [0.5, 0.6) is 0 Å². The molecule has 0 fully saturated rings. The van der Waals surface area contributed by atoms with Gasteiger partial charge in [0, 0.05) is 18.0 Å². The molecule has 1 aromatic heterocycles. The van der Waals surface area contributed by atoms with Crippen LogP contribution in [0.3, 0.4) is 0 Å². The van der Waals surface area contributed by atoms with Gasteiger partial charge >= 0.3 is 0 Å². The molecule has 0 N–H and O–H groups in total. The van der Waals surface area contributed by atoms with E-state index in [0.29, 0.717) is 0 Å². The molecule has 2 heteroatoms. The highest BCUT2D eigenvalue weighted by atomic mass is 14.7. The fourth-order valence-electron chi connectivity index (χ4n) is 1.25. The van der Waals surface area contributed by atoms with Gasteiger partial charge in [-0.3, -0.25) is 9.98 Å². The van der Waals surface area contributed by atoms with Crippen LogP contribution < -0.4 is 0 Å². The molecule has 1 aromatic rings. The van der Waals surface area contributed by atoms with Crippen molar-refractivity contribution in [3.8, 4) is 0 Å². The van der Waals surface area contributed by atoms with E-state index in [1.54, 1.807) is 12.4 Å². The summed E-state index contributed by atoms with van der Waals surface area (Å²) in [6.07, 6.45) is 7.44. The van der Waals surface area contributed by atoms with Crippen LogP contribution in [-0.4, -0.2) is 11.7 Å². The number of hydrogen-bond donors (Lipinski definition) is 0. The first-order valence-corrected chi connectivity index (χ1v) is 5.50. The van der Waals surface area contributed by atoms with Gasteiger partial charge in [0.05, 0.1) is 5.69 Å². The van der Waals surface area contributed by atoms with Crippen LogP contribution >= 0.6 is 0 Å². The zero-order valence-corrected chi connectivity index (χ0v) is 10.6. The summed E-state index contributed by atoms with van der Waals surface area (Å²) in [7, 11) is 0. The number of pyridine rings is 1. The molecule has 0 aliphatic carbocycles. The number of rotatable bonds is 3. The largest absolute Gasteiger partial charge is 0.272 e. The molecule has 0 radical (unpaired) electrons. The normalized spacial score (nSPS) is 10.9. The van der Waals surface area contributed by atoms with E-state index in [4.69, 9.17) is 0 Å². The monoisotopic (exact) mass is 216 g/mol. The van der Waals surface area contributed by atoms with Gasteiger partial charge in [-0.05, 0) is 32.2 Å². The van der Waals surface area contributed by atoms with Crippen LogP contribution in [0.1, 0.15) is 32.0 Å². The van der Waals surface area contributed by atoms with Gasteiger partial charge < -0.3 is 0 Å². The standard InChI is InChI=1S/C12H14N2.C2H6/c1-4-6-11(9-13-3)12-10(2)7-5-8-14-12;1-2/h4-9H,3H2,1-2H3;1-2H3/b6-4-,11-9+;. The molecule has 0 atom stereocenters. The van der Waals surface area contributed by atoms with Gasteiger partial charge in [0.2, 0.25) is 0 Å². The van der Waals surface area contributed by atoms with Crippen LogP contribution in [0.25, 0.3) is 5.57 Å². The number of nitrogens with zero attached hydrogens (tertiary/aromatic N) is 2. The summed E-state index contributed by atoms with van der Waals surface area (Å²) < 4.78 is 0. The summed E-state index contributed by atoms with van der Waals surface area (Å²) in [6, 6.07) is 3.95. The first-order chi connectivity index (χ1) is 7.79. The van der Waals surface area contributed by atoms with Gasteiger partial charge in [-0.1, -0.05) is 32.1 Å². The minimum Gasteiger partial charge on any atom is -0.272 e. The molecular weight excluding hydrogens is 196 g/mol. The minimum atomic E-state index is 0.956. The van der Waals surface area contributed by atoms with Crippen molar-refractivity contribution in [2.75, 3.05) is 0 Å². The van der Waals surface area contributed by atoms with Crippen molar-refractivity contribution >= 4 is 12.3 Å². The molecule has 0 aliphatic rings. The third-order valence-corrected chi connectivity index (χ3v) is 1.86. The van der Waals surface area contributed by atoms with E-state index in [0.717, 1.165) is 16.8 Å². The highest BCUT2D eigenvalue weighted by molar-refractivity contribution is 5.73. The van der Waals surface area contributed by atoms with Crippen molar-refractivity contribution < 1.29 is 0 Å². The fourth-order valence-corrected chi connectivity index (χ4v) is 1.25. The van der Waals surface area contributed by atoms with Crippen molar-refractivity contribution in [2.45, 2.75) is 27.7 Å². The van der Waals surface area contributed by atoms with E-state index in [9.17, 15) is 0 Å². The van der Waals surface area contributed by atoms with E-state index in [1.807, 2.05) is 52.0 Å². The maximum atomic E-state index is 4.31. The Balaban J connectivity index is 0.00000106. The molecule has 16 heavy (non-hydrogen) atoms. The van der Waals surface area contributed by atoms with Crippen LogP contribution in [0.2, 0.25) is 0 Å². The van der Waals surface area contributed by atoms with Crippen LogP contribution in [0.4, 0.5) is 0 Å². The lowest BCUT2D eigenvalue weighted by atomic mass is 10.1. The molecule has 1 heterocycles. The average molecular weight is 216 g/mol. The Labute approximate surface area is 98.5 Å². The topological polar surface area (TPSA) is 25.2 Å². The number of aliphatic imine (C=N–C) groups is 1. The molecule has 0 amide bonds. The van der Waals surface area contributed by atoms with E-state index >= 15 is 0 Å². The molecule has 2 nitrogen and oxygen atoms in total. The Morgan fingerprint density at radius 1 is 1.44 bits per heavy atom. The van der Waals surface area contributed by atoms with E-state index in [1.165, 1.54) is 0 Å². The molecule has 1 rings (SSSR count). The second-order valence-corrected chi connectivity index (χ2v) is 2.94. The van der Waals surface area contributed by atoms with Gasteiger partial charge in [-0.2, -0.15) is 0 Å². The predicted octanol–water partition coefficient (Wildman–Crippen LogP) is 4.03. The quantitative estimate of drug-likeness (QED) is 0.553. The van der Waals surface area contributed by atoms with Crippen LogP contribution in [0, 0.1) is 6.92 Å². The number of aromatic nitrogens is 1. The highest BCUT2D eigenvalue weighted by Crippen LogP contribution is 2.17. The third kappa shape index (κ3) is 4.22. The van der Waals surface area contributed by atoms with Gasteiger partial charge in [0.15, 0.2) is 0 Å². The number of aryl methyl sites for hydroxylation is 1. The van der Waals surface area contributed by atoms with Gasteiger partial charge in [-0.15, -0.1) is 0 Å². The van der Waals surface area contributed by atoms with E-state index in [2.05, 4.69) is 16.7 Å². The first-order valence-electron chi connectivity index (χ1n) is 5.50. The lowest BCUT2D eigenvalue weighted by Crippen LogP contribution is -1.90. The molecule has 86 valence electrons. The van der Waals surface area contributed by atoms with Crippen molar-refractivity contribution in [1.29, 1.82) is 0 Å². The molecule has 0 aliphatic heterocycles. The minimum absolute atomic E-state index is 0.956. The summed E-state index contributed by atoms with van der Waals surface area (Å²) in [4.78, 5) is 8.08. The summed E-state index contributed by atoms with van der Waals surface area (Å²) in [5.74, 6) is 0. The van der Waals surface area contributed by atoms with Gasteiger partial charge in [-0.25, -0.2) is 0 Å². The zero-order chi connectivity index (χ0) is 12.4. The molecule has 0 bridgehead atoms. The first kappa shape index (κ1) is 14.3. The summed E-state index contributed by atoms with van der Waals surface area (Å²) >= 11 is 0. The molecule has 0 spiro atoms. The Morgan fingerprint density at radius 3 is 2.62 bits per heavy atom. The molecule has 0 saturated carbocycles. The average Bonchev–Trinajstić information content (AvgIpc) is 2.32. The smallest absolute Gasteiger partial charge is 0.0746 e. The van der Waals surface area contributed by atoms with E-state index in [-0.39, 0.29) is 0 Å². The molecular formula is C14H20N2. The zero-order valence-electron chi connectivity index (χ0n) is 10.6. The summed E-state index contributed by atoms with van der Waals surface area (Å²) in [5, 5.41) is 0. The van der Waals surface area contributed by atoms with Crippen molar-refractivity contribution in [3.63, 3.8) is 0 Å². The van der Waals surface area contributed by atoms with Crippen molar-refractivity contribution in [1.82, 2.24) is 4.98 Å². The lowest BCUT2D eigenvalue weighted by Gasteiger charge is -2.03. The number of allylic oxidation sites excluding steroid dienone is 3. The Bertz CT molecular complexity index is 376. The predicted molar refractivity (Wildman–Crippen MR) is 72.7 cm³/mol. The van der Waals surface area contributed by atoms with Crippen molar-refractivity contribution in [3.05, 3.63) is 47.9 Å². The van der Waals surface area contributed by atoms with Gasteiger partial charge in [0.1, 0.15) is 0 Å². The Hall–Kier alpha value is -1.70. The molecule has 0 saturated heterocycles. The van der Waals surface area contributed by atoms with Crippen molar-refractivity contribution in [2.24, 2.45) is 4.99 Å². The maximum absolute atomic E-state index is 4.31. The van der Waals surface area contributed by atoms with Crippen LogP contribution in [0.15, 0.2) is 41.7 Å². The SMILES string of the molecule is C=N/C=C(\C=C/C)c1ncccc1C.CC. The summed E-state index contributed by atoms with van der Waals surface area (Å²) in [5.41, 5.74) is 3.08. The van der Waals surface area contributed by atoms with Gasteiger partial charge in [0.25, 0.3) is 0 Å². The maximum Gasteiger partial charge on any atom is 0.0746 e. The second-order valence-electron chi connectivity index (χ2n) is 2.94. The summed E-state index contributed by atoms with van der Waals surface area (Å²) in [6.45, 7) is 11.4. The second kappa shape index (κ2) is 8.60. The molecule has 0 unspecified atom stereocenters. The molecule has 0 aromatic carbocycles. The highest BCUT2D eigenvalue weighted by Gasteiger charge is 2.01. The third-order valence-electron chi connectivity index (χ3n) is 1.86.